The Balaban J connectivity index is 1.62. The standard InChI is InChI=1S/C33H34O2S/c1-20(2)36(21(3)4,22(5)6)27-15-13-23-11-12-24(17-26(23)18-27)25-14-16-30-31(19-25)33(35)29-10-8-7-9-28(29)32(30)34/h7-22H,1-6H3. The zero-order chi connectivity index (χ0) is 25.8. The van der Waals surface area contributed by atoms with Gasteiger partial charge in [-0.05, 0) is 72.9 Å². The van der Waals surface area contributed by atoms with Crippen LogP contribution in [0.1, 0.15) is 73.4 Å². The maximum absolute atomic E-state index is 13.2. The van der Waals surface area contributed by atoms with Crippen molar-refractivity contribution in [2.24, 2.45) is 0 Å². The molecule has 1 aliphatic carbocycles. The summed E-state index contributed by atoms with van der Waals surface area (Å²) in [6.07, 6.45) is 0. The van der Waals surface area contributed by atoms with Gasteiger partial charge in [-0.25, -0.2) is 10.0 Å². The first-order valence-electron chi connectivity index (χ1n) is 12.8. The monoisotopic (exact) mass is 494 g/mol. The van der Waals surface area contributed by atoms with Crippen LogP contribution in [-0.4, -0.2) is 27.3 Å². The number of carbonyl (C=O) groups excluding carboxylic acids is 2. The molecule has 0 aliphatic heterocycles. The lowest BCUT2D eigenvalue weighted by Crippen LogP contribution is -2.28. The molecule has 1 aliphatic rings. The highest BCUT2D eigenvalue weighted by molar-refractivity contribution is 8.35. The van der Waals surface area contributed by atoms with E-state index in [1.54, 1.807) is 18.2 Å². The zero-order valence-corrected chi connectivity index (χ0v) is 22.8. The van der Waals surface area contributed by atoms with Crippen LogP contribution in [0.15, 0.2) is 83.8 Å². The third-order valence-corrected chi connectivity index (χ3v) is 13.6. The summed E-state index contributed by atoms with van der Waals surface area (Å²) in [5, 5.41) is 4.19. The summed E-state index contributed by atoms with van der Waals surface area (Å²) in [6, 6.07) is 26.3. The van der Waals surface area contributed by atoms with Gasteiger partial charge in [-0.15, -0.1) is 0 Å². The van der Waals surface area contributed by atoms with Crippen LogP contribution in [0.4, 0.5) is 0 Å². The fourth-order valence-electron chi connectivity index (χ4n) is 6.35. The van der Waals surface area contributed by atoms with Crippen molar-refractivity contribution in [2.75, 3.05) is 0 Å². The SMILES string of the molecule is CC(C)S(c1ccc2ccc(-c3ccc4c(c3)C(=O)c3ccccc3C4=O)cc2c1)(C(C)C)C(C)C. The second-order valence-electron chi connectivity index (χ2n) is 10.6. The Bertz CT molecular complexity index is 1490. The Morgan fingerprint density at radius 1 is 0.500 bits per heavy atom. The predicted molar refractivity (Wildman–Crippen MR) is 154 cm³/mol. The van der Waals surface area contributed by atoms with Crippen LogP contribution < -0.4 is 0 Å². The molecule has 0 atom stereocenters. The summed E-state index contributed by atoms with van der Waals surface area (Å²) in [6.45, 7) is 14.2. The van der Waals surface area contributed by atoms with E-state index in [1.165, 1.54) is 15.7 Å². The van der Waals surface area contributed by atoms with E-state index in [9.17, 15) is 9.59 Å². The molecule has 5 rings (SSSR count). The molecular formula is C33H34O2S. The molecule has 0 N–H and O–H groups in total. The molecular weight excluding hydrogens is 460 g/mol. The smallest absolute Gasteiger partial charge is 0.194 e. The van der Waals surface area contributed by atoms with Gasteiger partial charge in [0.2, 0.25) is 0 Å². The molecule has 0 spiro atoms. The molecule has 0 unspecified atom stereocenters. The van der Waals surface area contributed by atoms with Gasteiger partial charge >= 0.3 is 0 Å². The highest BCUT2D eigenvalue weighted by Gasteiger charge is 2.36. The average molecular weight is 495 g/mol. The lowest BCUT2D eigenvalue weighted by Gasteiger charge is -2.52. The fourth-order valence-corrected chi connectivity index (χ4v) is 11.9. The molecule has 0 heterocycles. The third-order valence-electron chi connectivity index (χ3n) is 7.82. The quantitative estimate of drug-likeness (QED) is 0.245. The Kier molecular flexibility index (Phi) is 6.16. The van der Waals surface area contributed by atoms with Crippen LogP contribution in [-0.2, 0) is 0 Å². The van der Waals surface area contributed by atoms with E-state index < -0.39 is 10.0 Å². The first kappa shape index (κ1) is 24.5. The normalized spacial score (nSPS) is 14.0. The van der Waals surface area contributed by atoms with E-state index in [1.807, 2.05) is 24.3 Å². The van der Waals surface area contributed by atoms with Crippen molar-refractivity contribution in [3.63, 3.8) is 0 Å². The van der Waals surface area contributed by atoms with Crippen LogP contribution in [0.2, 0.25) is 0 Å². The van der Waals surface area contributed by atoms with Crippen LogP contribution in [0.3, 0.4) is 0 Å². The van der Waals surface area contributed by atoms with Gasteiger partial charge in [0.25, 0.3) is 0 Å². The van der Waals surface area contributed by atoms with Crippen LogP contribution in [0.25, 0.3) is 21.9 Å². The molecule has 0 saturated heterocycles. The summed E-state index contributed by atoms with van der Waals surface area (Å²) in [5.41, 5.74) is 3.98. The topological polar surface area (TPSA) is 34.1 Å². The van der Waals surface area contributed by atoms with Gasteiger partial charge in [-0.2, -0.15) is 0 Å². The third kappa shape index (κ3) is 3.64. The summed E-state index contributed by atoms with van der Waals surface area (Å²) >= 11 is 0. The van der Waals surface area contributed by atoms with E-state index in [0.717, 1.165) is 11.1 Å². The minimum absolute atomic E-state index is 0.0784. The first-order valence-corrected chi connectivity index (χ1v) is 14.6. The number of carbonyl (C=O) groups is 2. The molecule has 0 bridgehead atoms. The van der Waals surface area contributed by atoms with Gasteiger partial charge in [0, 0.05) is 22.3 Å². The second kappa shape index (κ2) is 9.05. The van der Waals surface area contributed by atoms with Gasteiger partial charge in [-0.3, -0.25) is 9.59 Å². The number of hydrogen-bond donors (Lipinski definition) is 0. The first-order chi connectivity index (χ1) is 17.2. The molecule has 0 fully saturated rings. The van der Waals surface area contributed by atoms with E-state index in [-0.39, 0.29) is 11.6 Å². The molecule has 0 amide bonds. The van der Waals surface area contributed by atoms with Gasteiger partial charge in [-0.1, -0.05) is 90.1 Å². The molecule has 0 aromatic heterocycles. The van der Waals surface area contributed by atoms with Crippen molar-refractivity contribution in [1.29, 1.82) is 0 Å². The van der Waals surface area contributed by atoms with Crippen LogP contribution in [0, 0.1) is 0 Å². The zero-order valence-electron chi connectivity index (χ0n) is 22.0. The van der Waals surface area contributed by atoms with Crippen LogP contribution >= 0.6 is 10.0 Å². The van der Waals surface area contributed by atoms with E-state index in [0.29, 0.717) is 38.0 Å². The molecule has 4 aromatic rings. The highest BCUT2D eigenvalue weighted by atomic mass is 32.3. The summed E-state index contributed by atoms with van der Waals surface area (Å²) in [4.78, 5) is 27.7. The summed E-state index contributed by atoms with van der Waals surface area (Å²) in [7, 11) is -1.03. The lowest BCUT2D eigenvalue weighted by molar-refractivity contribution is 0.0979. The predicted octanol–water partition coefficient (Wildman–Crippen LogP) is 8.67. The molecule has 0 saturated carbocycles. The lowest BCUT2D eigenvalue weighted by atomic mass is 9.83. The van der Waals surface area contributed by atoms with Crippen molar-refractivity contribution in [2.45, 2.75) is 62.2 Å². The Morgan fingerprint density at radius 2 is 1.00 bits per heavy atom. The minimum atomic E-state index is -1.03. The molecule has 36 heavy (non-hydrogen) atoms. The Labute approximate surface area is 216 Å². The van der Waals surface area contributed by atoms with E-state index in [2.05, 4.69) is 77.9 Å². The number of benzene rings is 4. The molecule has 4 aromatic carbocycles. The average Bonchev–Trinajstić information content (AvgIpc) is 2.86. The number of fused-ring (bicyclic) bond motifs is 3. The number of hydrogen-bond acceptors (Lipinski definition) is 2. The molecule has 184 valence electrons. The van der Waals surface area contributed by atoms with Gasteiger partial charge in [0.05, 0.1) is 0 Å². The maximum atomic E-state index is 13.2. The second-order valence-corrected chi connectivity index (χ2v) is 15.4. The van der Waals surface area contributed by atoms with Gasteiger partial charge < -0.3 is 0 Å². The van der Waals surface area contributed by atoms with Crippen molar-refractivity contribution < 1.29 is 9.59 Å². The Hall–Kier alpha value is -3.17. The van der Waals surface area contributed by atoms with E-state index >= 15 is 0 Å². The number of ketones is 2. The van der Waals surface area contributed by atoms with E-state index in [4.69, 9.17) is 0 Å². The highest BCUT2D eigenvalue weighted by Crippen LogP contribution is 2.66. The number of rotatable bonds is 5. The van der Waals surface area contributed by atoms with Crippen molar-refractivity contribution in [1.82, 2.24) is 0 Å². The fraction of sp³-hybridized carbons (Fsp3) is 0.273. The summed E-state index contributed by atoms with van der Waals surface area (Å²) < 4.78 is 0. The molecule has 3 heteroatoms. The van der Waals surface area contributed by atoms with Gasteiger partial charge in [0.1, 0.15) is 0 Å². The van der Waals surface area contributed by atoms with Gasteiger partial charge in [0.15, 0.2) is 11.6 Å². The van der Waals surface area contributed by atoms with Crippen molar-refractivity contribution >= 4 is 32.4 Å². The van der Waals surface area contributed by atoms with Crippen molar-refractivity contribution in [3.8, 4) is 11.1 Å². The minimum Gasteiger partial charge on any atom is -0.289 e. The maximum Gasteiger partial charge on any atom is 0.194 e. The molecule has 0 radical (unpaired) electrons. The Morgan fingerprint density at radius 3 is 1.61 bits per heavy atom. The summed E-state index contributed by atoms with van der Waals surface area (Å²) in [5.74, 6) is -0.158. The van der Waals surface area contributed by atoms with Crippen molar-refractivity contribution in [3.05, 3.63) is 101 Å². The largest absolute Gasteiger partial charge is 0.289 e. The van der Waals surface area contributed by atoms with Crippen LogP contribution in [0.5, 0.6) is 0 Å². The molecule has 2 nitrogen and oxygen atoms in total.